The predicted octanol–water partition coefficient (Wildman–Crippen LogP) is 3.28. The van der Waals surface area contributed by atoms with E-state index in [9.17, 15) is 31.1 Å². The second-order valence-electron chi connectivity index (χ2n) is 5.19. The van der Waals surface area contributed by atoms with Gasteiger partial charge in [-0.25, -0.2) is 0 Å². The third kappa shape index (κ3) is 5.50. The molecule has 0 bridgehead atoms. The maximum absolute atomic E-state index is 12.4. The minimum Gasteiger partial charge on any atom is -0.354 e. The normalized spacial score (nSPS) is 12.2. The highest BCUT2D eigenvalue weighted by Crippen LogP contribution is 2.29. The maximum atomic E-state index is 12.4. The number of alkyl halides is 6. The monoisotopic (exact) mass is 365 g/mol. The third-order valence-corrected chi connectivity index (χ3v) is 3.25. The highest BCUT2D eigenvalue weighted by Gasteiger charge is 2.33. The van der Waals surface area contributed by atoms with Gasteiger partial charge in [0.1, 0.15) is 6.54 Å². The highest BCUT2D eigenvalue weighted by atomic mass is 19.4. The van der Waals surface area contributed by atoms with Crippen LogP contribution in [0, 0.1) is 0 Å². The Bertz CT molecular complexity index is 718. The minimum atomic E-state index is -4.58. The van der Waals surface area contributed by atoms with Crippen LogP contribution in [0.2, 0.25) is 0 Å². The second-order valence-corrected chi connectivity index (χ2v) is 5.19. The lowest BCUT2D eigenvalue weighted by atomic mass is 10.1. The Labute approximate surface area is 138 Å². The van der Waals surface area contributed by atoms with Crippen LogP contribution in [0.5, 0.6) is 0 Å². The van der Waals surface area contributed by atoms with Crippen molar-refractivity contribution >= 4 is 5.91 Å². The van der Waals surface area contributed by atoms with Crippen molar-refractivity contribution in [3.8, 4) is 0 Å². The van der Waals surface area contributed by atoms with Crippen LogP contribution < -0.4 is 5.32 Å². The summed E-state index contributed by atoms with van der Waals surface area (Å²) in [6, 6.07) is 5.25. The third-order valence-electron chi connectivity index (χ3n) is 3.25. The van der Waals surface area contributed by atoms with Crippen molar-refractivity contribution in [3.05, 3.63) is 53.3 Å². The van der Waals surface area contributed by atoms with Gasteiger partial charge < -0.3 is 5.32 Å². The Morgan fingerprint density at radius 1 is 1.00 bits per heavy atom. The smallest absolute Gasteiger partial charge is 0.354 e. The quantitative estimate of drug-likeness (QED) is 0.827. The van der Waals surface area contributed by atoms with Gasteiger partial charge in [0.2, 0.25) is 5.91 Å². The molecule has 0 spiro atoms. The molecule has 0 radical (unpaired) electrons. The Morgan fingerprint density at radius 2 is 1.64 bits per heavy atom. The molecule has 1 aromatic carbocycles. The van der Waals surface area contributed by atoms with Crippen LogP contribution >= 0.6 is 0 Å². The summed E-state index contributed by atoms with van der Waals surface area (Å²) in [6.45, 7) is -0.249. The molecule has 0 aliphatic heterocycles. The van der Waals surface area contributed by atoms with Crippen LogP contribution in [0.25, 0.3) is 0 Å². The van der Waals surface area contributed by atoms with Gasteiger partial charge in [-0.1, -0.05) is 12.1 Å². The molecule has 1 heterocycles. The van der Waals surface area contributed by atoms with Gasteiger partial charge >= 0.3 is 12.4 Å². The van der Waals surface area contributed by atoms with Crippen LogP contribution in [0.3, 0.4) is 0 Å². The van der Waals surface area contributed by atoms with Crippen molar-refractivity contribution in [2.24, 2.45) is 0 Å². The molecule has 0 unspecified atom stereocenters. The molecule has 0 fully saturated rings. The number of nitrogens with one attached hydrogen (secondary N) is 1. The van der Waals surface area contributed by atoms with E-state index in [1.54, 1.807) is 0 Å². The fourth-order valence-electron chi connectivity index (χ4n) is 2.01. The van der Waals surface area contributed by atoms with Gasteiger partial charge in [0, 0.05) is 12.7 Å². The number of amides is 1. The first-order chi connectivity index (χ1) is 11.6. The predicted molar refractivity (Wildman–Crippen MR) is 75.4 cm³/mol. The summed E-state index contributed by atoms with van der Waals surface area (Å²) in [4.78, 5) is 11.6. The Morgan fingerprint density at radius 3 is 2.16 bits per heavy atom. The Kier molecular flexibility index (Phi) is 5.39. The van der Waals surface area contributed by atoms with Crippen LogP contribution in [0.1, 0.15) is 16.8 Å². The second kappa shape index (κ2) is 7.16. The molecule has 1 amide bonds. The average molecular weight is 365 g/mol. The van der Waals surface area contributed by atoms with Gasteiger partial charge in [-0.2, -0.15) is 31.4 Å². The van der Waals surface area contributed by atoms with Gasteiger partial charge in [-0.05, 0) is 30.2 Å². The molecule has 4 nitrogen and oxygen atoms in total. The molecule has 0 aliphatic rings. The van der Waals surface area contributed by atoms with Crippen LogP contribution in [0.4, 0.5) is 26.3 Å². The molecule has 25 heavy (non-hydrogen) atoms. The maximum Gasteiger partial charge on any atom is 0.435 e. The number of halogens is 6. The average Bonchev–Trinajstić information content (AvgIpc) is 2.95. The fraction of sp³-hybridized carbons (Fsp3) is 0.333. The molecular weight excluding hydrogens is 352 g/mol. The van der Waals surface area contributed by atoms with E-state index >= 15 is 0 Å². The van der Waals surface area contributed by atoms with Gasteiger partial charge in [-0.3, -0.25) is 9.48 Å². The number of hydrogen-bond acceptors (Lipinski definition) is 2. The van der Waals surface area contributed by atoms with E-state index in [4.69, 9.17) is 0 Å². The number of hydrogen-bond donors (Lipinski definition) is 1. The van der Waals surface area contributed by atoms with E-state index in [0.29, 0.717) is 5.56 Å². The molecule has 0 aliphatic carbocycles. The number of benzene rings is 1. The topological polar surface area (TPSA) is 46.9 Å². The SMILES string of the molecule is O=C(Cn1ccc(C(F)(F)F)n1)NCCc1ccc(C(F)(F)F)cc1. The lowest BCUT2D eigenvalue weighted by Crippen LogP contribution is -2.29. The summed E-state index contributed by atoms with van der Waals surface area (Å²) in [5.41, 5.74) is -1.27. The van der Waals surface area contributed by atoms with Gasteiger partial charge in [0.25, 0.3) is 0 Å². The van der Waals surface area contributed by atoms with Crippen LogP contribution in [0.15, 0.2) is 36.5 Å². The highest BCUT2D eigenvalue weighted by molar-refractivity contribution is 5.75. The zero-order chi connectivity index (χ0) is 18.7. The van der Waals surface area contributed by atoms with E-state index in [2.05, 4.69) is 10.4 Å². The lowest BCUT2D eigenvalue weighted by molar-refractivity contribution is -0.141. The van der Waals surface area contributed by atoms with E-state index < -0.39 is 29.5 Å². The molecule has 1 aromatic heterocycles. The first-order valence-corrected chi connectivity index (χ1v) is 7.09. The molecule has 1 N–H and O–H groups in total. The number of aromatic nitrogens is 2. The van der Waals surface area contributed by atoms with Crippen molar-refractivity contribution in [3.63, 3.8) is 0 Å². The fourth-order valence-corrected chi connectivity index (χ4v) is 2.01. The van der Waals surface area contributed by atoms with Crippen molar-refractivity contribution in [2.45, 2.75) is 25.3 Å². The molecule has 10 heteroatoms. The summed E-state index contributed by atoms with van der Waals surface area (Å²) in [5.74, 6) is -0.552. The van der Waals surface area contributed by atoms with Crippen molar-refractivity contribution < 1.29 is 31.1 Å². The number of nitrogens with zero attached hydrogens (tertiary/aromatic N) is 2. The zero-order valence-electron chi connectivity index (χ0n) is 12.7. The number of rotatable bonds is 5. The van der Waals surface area contributed by atoms with Crippen LogP contribution in [-0.4, -0.2) is 22.2 Å². The lowest BCUT2D eigenvalue weighted by Gasteiger charge is -2.08. The molecule has 0 atom stereocenters. The van der Waals surface area contributed by atoms with E-state index in [0.717, 1.165) is 29.1 Å². The van der Waals surface area contributed by atoms with Crippen LogP contribution in [-0.2, 0) is 30.1 Å². The molecule has 0 saturated heterocycles. The van der Waals surface area contributed by atoms with Crippen molar-refractivity contribution in [1.29, 1.82) is 0 Å². The molecule has 0 saturated carbocycles. The van der Waals surface area contributed by atoms with Gasteiger partial charge in [0.05, 0.1) is 5.56 Å². The minimum absolute atomic E-state index is 0.137. The Hall–Kier alpha value is -2.52. The van der Waals surface area contributed by atoms with Crippen molar-refractivity contribution in [1.82, 2.24) is 15.1 Å². The standard InChI is InChI=1S/C15H13F6N3O/c16-14(17,18)11-3-1-10(2-4-11)5-7-22-13(25)9-24-8-6-12(23-24)15(19,20)21/h1-4,6,8H,5,7,9H2,(H,22,25). The Balaban J connectivity index is 1.80. The zero-order valence-corrected chi connectivity index (χ0v) is 12.7. The van der Waals surface area contributed by atoms with E-state index in [-0.39, 0.29) is 19.5 Å². The first-order valence-electron chi connectivity index (χ1n) is 7.09. The number of carbonyl (C=O) groups excluding carboxylic acids is 1. The summed E-state index contributed by atoms with van der Waals surface area (Å²) in [5, 5.41) is 5.71. The largest absolute Gasteiger partial charge is 0.435 e. The summed E-state index contributed by atoms with van der Waals surface area (Å²) in [6.07, 6.45) is -7.66. The molecule has 2 rings (SSSR count). The van der Waals surface area contributed by atoms with Gasteiger partial charge in [-0.15, -0.1) is 0 Å². The van der Waals surface area contributed by atoms with E-state index in [1.165, 1.54) is 12.1 Å². The van der Waals surface area contributed by atoms with Crippen molar-refractivity contribution in [2.75, 3.05) is 6.54 Å². The van der Waals surface area contributed by atoms with Gasteiger partial charge in [0.15, 0.2) is 5.69 Å². The first kappa shape index (κ1) is 18.8. The molecule has 2 aromatic rings. The molecular formula is C15H13F6N3O. The summed E-state index contributed by atoms with van der Waals surface area (Å²) in [7, 11) is 0. The summed E-state index contributed by atoms with van der Waals surface area (Å²) >= 11 is 0. The summed E-state index contributed by atoms with van der Waals surface area (Å²) < 4.78 is 75.3. The van der Waals surface area contributed by atoms with E-state index in [1.807, 2.05) is 0 Å². The number of carbonyl (C=O) groups is 1. The molecule has 136 valence electrons.